The third kappa shape index (κ3) is 3.97. The van der Waals surface area contributed by atoms with Gasteiger partial charge in [0.2, 0.25) is 0 Å². The van der Waals surface area contributed by atoms with Crippen LogP contribution in [0, 0.1) is 0 Å². The van der Waals surface area contributed by atoms with Gasteiger partial charge in [0.05, 0.1) is 13.2 Å². The molecule has 0 bridgehead atoms. The highest BCUT2D eigenvalue weighted by Crippen LogP contribution is 2.30. The van der Waals surface area contributed by atoms with Crippen molar-refractivity contribution in [3.8, 4) is 5.75 Å². The summed E-state index contributed by atoms with van der Waals surface area (Å²) in [4.78, 5) is 14.5. The highest BCUT2D eigenvalue weighted by atomic mass is 35.5. The molecule has 1 amide bonds. The van der Waals surface area contributed by atoms with Gasteiger partial charge in [0.25, 0.3) is 5.91 Å². The summed E-state index contributed by atoms with van der Waals surface area (Å²) in [6.45, 7) is 2.08. The Hall–Kier alpha value is -1.30. The number of hydrogen-bond donors (Lipinski definition) is 1. The molecule has 2 N–H and O–H groups in total. The Morgan fingerprint density at radius 3 is 2.65 bits per heavy atom. The van der Waals surface area contributed by atoms with E-state index in [-0.39, 0.29) is 30.5 Å². The lowest BCUT2D eigenvalue weighted by molar-refractivity contribution is -0.141. The van der Waals surface area contributed by atoms with Gasteiger partial charge in [-0.25, -0.2) is 0 Å². The molecule has 2 aliphatic rings. The average Bonchev–Trinajstić information content (AvgIpc) is 3.23. The first-order chi connectivity index (χ1) is 10.7. The van der Waals surface area contributed by atoms with Gasteiger partial charge in [-0.1, -0.05) is 12.1 Å². The number of ether oxygens (including phenoxy) is 2. The lowest BCUT2D eigenvalue weighted by Gasteiger charge is -2.21. The molecule has 1 aromatic carbocycles. The zero-order chi connectivity index (χ0) is 15.5. The summed E-state index contributed by atoms with van der Waals surface area (Å²) in [5.74, 6) is 1.40. The van der Waals surface area contributed by atoms with Crippen molar-refractivity contribution in [1.29, 1.82) is 0 Å². The number of likely N-dealkylation sites (tertiary alicyclic amines) is 1. The summed E-state index contributed by atoms with van der Waals surface area (Å²) in [6.07, 6.45) is 2.45. The molecule has 2 fully saturated rings. The summed E-state index contributed by atoms with van der Waals surface area (Å²) >= 11 is 0. The number of carbonyl (C=O) groups is 1. The predicted octanol–water partition coefficient (Wildman–Crippen LogP) is 1.94. The smallest absolute Gasteiger partial charge is 0.251 e. The number of halogens is 1. The number of carbonyl (C=O) groups excluding carboxylic acids is 1. The lowest BCUT2D eigenvalue weighted by atomic mass is 9.98. The second kappa shape index (κ2) is 7.99. The molecule has 5 nitrogen and oxygen atoms in total. The standard InChI is InChI=1S/C17H24N2O3.ClH/c1-21-14-4-2-12(3-5-14)13-8-9-19(11-13)17(20)16-7-6-15(10-18)22-16;/h2-5,13,15-16H,6-11,18H2,1H3;1H/t13?,15-,16+;/m1./s1. The largest absolute Gasteiger partial charge is 0.497 e. The Bertz CT molecular complexity index is 523. The maximum Gasteiger partial charge on any atom is 0.251 e. The van der Waals surface area contributed by atoms with Gasteiger partial charge < -0.3 is 20.1 Å². The minimum absolute atomic E-state index is 0. The molecule has 0 aromatic heterocycles. The van der Waals surface area contributed by atoms with Crippen molar-refractivity contribution in [2.75, 3.05) is 26.7 Å². The van der Waals surface area contributed by atoms with Gasteiger partial charge in [-0.2, -0.15) is 0 Å². The van der Waals surface area contributed by atoms with Crippen LogP contribution >= 0.6 is 12.4 Å². The van der Waals surface area contributed by atoms with Crippen LogP contribution in [0.15, 0.2) is 24.3 Å². The fraction of sp³-hybridized carbons (Fsp3) is 0.588. The molecule has 23 heavy (non-hydrogen) atoms. The third-order valence-corrected chi connectivity index (χ3v) is 4.73. The summed E-state index contributed by atoms with van der Waals surface area (Å²) in [6, 6.07) is 8.14. The van der Waals surface area contributed by atoms with E-state index in [2.05, 4.69) is 12.1 Å². The van der Waals surface area contributed by atoms with E-state index >= 15 is 0 Å². The number of methoxy groups -OCH3 is 1. The third-order valence-electron chi connectivity index (χ3n) is 4.73. The van der Waals surface area contributed by atoms with Gasteiger partial charge in [0.15, 0.2) is 0 Å². The average molecular weight is 341 g/mol. The van der Waals surface area contributed by atoms with Crippen LogP contribution in [0.5, 0.6) is 5.75 Å². The summed E-state index contributed by atoms with van der Waals surface area (Å²) in [5, 5.41) is 0. The lowest BCUT2D eigenvalue weighted by Crippen LogP contribution is -2.38. The fourth-order valence-electron chi connectivity index (χ4n) is 3.37. The van der Waals surface area contributed by atoms with Crippen molar-refractivity contribution < 1.29 is 14.3 Å². The van der Waals surface area contributed by atoms with Crippen LogP contribution in [0.2, 0.25) is 0 Å². The minimum Gasteiger partial charge on any atom is -0.497 e. The van der Waals surface area contributed by atoms with E-state index in [4.69, 9.17) is 15.2 Å². The Balaban J connectivity index is 0.00000192. The van der Waals surface area contributed by atoms with Crippen molar-refractivity contribution in [2.45, 2.75) is 37.4 Å². The van der Waals surface area contributed by atoms with E-state index in [1.54, 1.807) is 7.11 Å². The van der Waals surface area contributed by atoms with E-state index in [1.807, 2.05) is 17.0 Å². The van der Waals surface area contributed by atoms with Gasteiger partial charge in [0, 0.05) is 25.6 Å². The molecule has 1 aromatic rings. The number of hydrogen-bond acceptors (Lipinski definition) is 4. The molecule has 0 radical (unpaired) electrons. The maximum atomic E-state index is 12.5. The van der Waals surface area contributed by atoms with Crippen LogP contribution in [0.4, 0.5) is 0 Å². The number of benzene rings is 1. The molecular formula is C17H25ClN2O3. The van der Waals surface area contributed by atoms with Crippen LogP contribution in [0.1, 0.15) is 30.7 Å². The van der Waals surface area contributed by atoms with Crippen LogP contribution in [-0.2, 0) is 9.53 Å². The van der Waals surface area contributed by atoms with Crippen molar-refractivity contribution >= 4 is 18.3 Å². The molecule has 0 spiro atoms. The van der Waals surface area contributed by atoms with Gasteiger partial charge in [-0.05, 0) is 37.0 Å². The molecular weight excluding hydrogens is 316 g/mol. The van der Waals surface area contributed by atoms with Gasteiger partial charge in [0.1, 0.15) is 11.9 Å². The molecule has 3 atom stereocenters. The van der Waals surface area contributed by atoms with Crippen molar-refractivity contribution in [3.05, 3.63) is 29.8 Å². The maximum absolute atomic E-state index is 12.5. The van der Waals surface area contributed by atoms with Crippen LogP contribution < -0.4 is 10.5 Å². The zero-order valence-corrected chi connectivity index (χ0v) is 14.3. The van der Waals surface area contributed by atoms with Gasteiger partial charge in [-0.3, -0.25) is 4.79 Å². The van der Waals surface area contributed by atoms with Crippen molar-refractivity contribution in [2.24, 2.45) is 5.73 Å². The summed E-state index contributed by atoms with van der Waals surface area (Å²) in [7, 11) is 1.67. The summed E-state index contributed by atoms with van der Waals surface area (Å²) < 4.78 is 10.9. The van der Waals surface area contributed by atoms with Crippen LogP contribution in [0.25, 0.3) is 0 Å². The topological polar surface area (TPSA) is 64.8 Å². The Morgan fingerprint density at radius 2 is 2.04 bits per heavy atom. The van der Waals surface area contributed by atoms with E-state index in [1.165, 1.54) is 5.56 Å². The van der Waals surface area contributed by atoms with Gasteiger partial charge >= 0.3 is 0 Å². The van der Waals surface area contributed by atoms with E-state index < -0.39 is 0 Å². The highest BCUT2D eigenvalue weighted by molar-refractivity contribution is 5.85. The quantitative estimate of drug-likeness (QED) is 0.909. The first-order valence-corrected chi connectivity index (χ1v) is 7.99. The second-order valence-corrected chi connectivity index (χ2v) is 6.10. The number of nitrogens with zero attached hydrogens (tertiary/aromatic N) is 1. The molecule has 2 saturated heterocycles. The fourth-order valence-corrected chi connectivity index (χ4v) is 3.37. The normalized spacial score (nSPS) is 26.9. The Kier molecular flexibility index (Phi) is 6.27. The summed E-state index contributed by atoms with van der Waals surface area (Å²) in [5.41, 5.74) is 6.88. The van der Waals surface area contributed by atoms with Gasteiger partial charge in [-0.15, -0.1) is 12.4 Å². The molecule has 1 unspecified atom stereocenters. The molecule has 0 aliphatic carbocycles. The zero-order valence-electron chi connectivity index (χ0n) is 13.4. The second-order valence-electron chi connectivity index (χ2n) is 6.10. The van der Waals surface area contributed by atoms with Crippen LogP contribution in [0.3, 0.4) is 0 Å². The van der Waals surface area contributed by atoms with Crippen molar-refractivity contribution in [3.63, 3.8) is 0 Å². The highest BCUT2D eigenvalue weighted by Gasteiger charge is 2.36. The first-order valence-electron chi connectivity index (χ1n) is 7.99. The Morgan fingerprint density at radius 1 is 1.30 bits per heavy atom. The first kappa shape index (κ1) is 18.0. The molecule has 128 valence electrons. The van der Waals surface area contributed by atoms with E-state index in [9.17, 15) is 4.79 Å². The number of amides is 1. The predicted molar refractivity (Wildman–Crippen MR) is 91.1 cm³/mol. The molecule has 0 saturated carbocycles. The molecule has 2 heterocycles. The molecule has 6 heteroatoms. The Labute approximate surface area is 143 Å². The van der Waals surface area contributed by atoms with Crippen molar-refractivity contribution in [1.82, 2.24) is 4.90 Å². The minimum atomic E-state index is -0.289. The molecule has 3 rings (SSSR count). The van der Waals surface area contributed by atoms with Crippen LogP contribution in [-0.4, -0.2) is 49.8 Å². The SMILES string of the molecule is COc1ccc(C2CCN(C(=O)[C@@H]3CC[C@H](CN)O3)C2)cc1.Cl. The number of nitrogens with two attached hydrogens (primary N) is 1. The van der Waals surface area contributed by atoms with E-state index in [0.717, 1.165) is 38.1 Å². The van der Waals surface area contributed by atoms with E-state index in [0.29, 0.717) is 12.5 Å². The monoisotopic (exact) mass is 340 g/mol. The molecule has 2 aliphatic heterocycles. The number of rotatable bonds is 4.